The maximum Gasteiger partial charge on any atom is 0.123 e. The first-order valence-electron chi connectivity index (χ1n) is 5.80. The number of aliphatic hydroxyl groups is 1. The van der Waals surface area contributed by atoms with E-state index in [1.807, 2.05) is 18.2 Å². The molecule has 0 spiro atoms. The van der Waals surface area contributed by atoms with Crippen molar-refractivity contribution < 1.29 is 9.50 Å². The van der Waals surface area contributed by atoms with Crippen LogP contribution in [0.5, 0.6) is 0 Å². The van der Waals surface area contributed by atoms with Gasteiger partial charge in [-0.2, -0.15) is 0 Å². The van der Waals surface area contributed by atoms with Gasteiger partial charge in [0.15, 0.2) is 0 Å². The molecule has 0 aliphatic heterocycles. The zero-order valence-corrected chi connectivity index (χ0v) is 9.88. The third-order valence-corrected chi connectivity index (χ3v) is 2.62. The van der Waals surface area contributed by atoms with Gasteiger partial charge in [0.25, 0.3) is 0 Å². The SMILES string of the molecule is OC(CNCc1ccccn1)c1ccc(F)cc1. The Labute approximate surface area is 105 Å². The average Bonchev–Trinajstić information content (AvgIpc) is 2.40. The number of hydrogen-bond acceptors (Lipinski definition) is 3. The van der Waals surface area contributed by atoms with Gasteiger partial charge < -0.3 is 10.4 Å². The highest BCUT2D eigenvalue weighted by molar-refractivity contribution is 5.18. The fourth-order valence-corrected chi connectivity index (χ4v) is 1.64. The zero-order valence-electron chi connectivity index (χ0n) is 9.88. The number of aliphatic hydroxyl groups excluding tert-OH is 1. The van der Waals surface area contributed by atoms with Crippen molar-refractivity contribution >= 4 is 0 Å². The molecule has 0 radical (unpaired) electrons. The highest BCUT2D eigenvalue weighted by Gasteiger charge is 2.06. The van der Waals surface area contributed by atoms with Gasteiger partial charge in [-0.25, -0.2) is 4.39 Å². The maximum absolute atomic E-state index is 12.7. The van der Waals surface area contributed by atoms with Crippen molar-refractivity contribution in [3.63, 3.8) is 0 Å². The summed E-state index contributed by atoms with van der Waals surface area (Å²) in [6, 6.07) is 11.5. The summed E-state index contributed by atoms with van der Waals surface area (Å²) in [4.78, 5) is 4.17. The van der Waals surface area contributed by atoms with Gasteiger partial charge in [0.2, 0.25) is 0 Å². The Morgan fingerprint density at radius 3 is 2.61 bits per heavy atom. The molecule has 2 aromatic rings. The van der Waals surface area contributed by atoms with Gasteiger partial charge in [-0.1, -0.05) is 18.2 Å². The lowest BCUT2D eigenvalue weighted by molar-refractivity contribution is 0.174. The molecule has 2 rings (SSSR count). The van der Waals surface area contributed by atoms with Crippen LogP contribution in [-0.4, -0.2) is 16.6 Å². The summed E-state index contributed by atoms with van der Waals surface area (Å²) in [5.41, 5.74) is 1.62. The molecular formula is C14H15FN2O. The van der Waals surface area contributed by atoms with Crippen molar-refractivity contribution in [2.75, 3.05) is 6.54 Å². The van der Waals surface area contributed by atoms with E-state index in [1.54, 1.807) is 18.3 Å². The molecule has 3 nitrogen and oxygen atoms in total. The van der Waals surface area contributed by atoms with Crippen molar-refractivity contribution in [2.24, 2.45) is 0 Å². The Morgan fingerprint density at radius 2 is 1.94 bits per heavy atom. The minimum Gasteiger partial charge on any atom is -0.387 e. The van der Waals surface area contributed by atoms with Crippen molar-refractivity contribution in [2.45, 2.75) is 12.6 Å². The van der Waals surface area contributed by atoms with Gasteiger partial charge in [-0.15, -0.1) is 0 Å². The smallest absolute Gasteiger partial charge is 0.123 e. The molecule has 1 unspecified atom stereocenters. The number of nitrogens with zero attached hydrogens (tertiary/aromatic N) is 1. The van der Waals surface area contributed by atoms with E-state index in [-0.39, 0.29) is 5.82 Å². The van der Waals surface area contributed by atoms with Crippen LogP contribution >= 0.6 is 0 Å². The Bertz CT molecular complexity index is 473. The molecule has 0 bridgehead atoms. The number of pyridine rings is 1. The summed E-state index contributed by atoms with van der Waals surface area (Å²) >= 11 is 0. The van der Waals surface area contributed by atoms with Gasteiger partial charge in [0.1, 0.15) is 5.82 Å². The molecule has 0 aliphatic carbocycles. The first-order valence-corrected chi connectivity index (χ1v) is 5.80. The molecule has 1 aromatic heterocycles. The second-order valence-electron chi connectivity index (χ2n) is 4.02. The van der Waals surface area contributed by atoms with Crippen molar-refractivity contribution in [1.82, 2.24) is 10.3 Å². The van der Waals surface area contributed by atoms with Gasteiger partial charge in [0.05, 0.1) is 11.8 Å². The minimum absolute atomic E-state index is 0.299. The van der Waals surface area contributed by atoms with Crippen LogP contribution in [0.25, 0.3) is 0 Å². The van der Waals surface area contributed by atoms with E-state index < -0.39 is 6.10 Å². The number of halogens is 1. The molecule has 0 aliphatic rings. The second-order valence-corrected chi connectivity index (χ2v) is 4.02. The average molecular weight is 246 g/mol. The van der Waals surface area contributed by atoms with Gasteiger partial charge in [0, 0.05) is 19.3 Å². The van der Waals surface area contributed by atoms with E-state index in [0.717, 1.165) is 5.69 Å². The van der Waals surface area contributed by atoms with Crippen molar-refractivity contribution in [3.05, 3.63) is 65.7 Å². The van der Waals surface area contributed by atoms with Crippen LogP contribution in [-0.2, 0) is 6.54 Å². The van der Waals surface area contributed by atoms with Gasteiger partial charge in [-0.05, 0) is 29.8 Å². The number of rotatable bonds is 5. The van der Waals surface area contributed by atoms with Crippen LogP contribution in [0, 0.1) is 5.82 Å². The number of benzene rings is 1. The molecule has 0 saturated carbocycles. The fraction of sp³-hybridized carbons (Fsp3) is 0.214. The van der Waals surface area contributed by atoms with Gasteiger partial charge in [-0.3, -0.25) is 4.98 Å². The highest BCUT2D eigenvalue weighted by atomic mass is 19.1. The molecule has 0 amide bonds. The summed E-state index contributed by atoms with van der Waals surface area (Å²) in [6.45, 7) is 1.00. The lowest BCUT2D eigenvalue weighted by Crippen LogP contribution is -2.21. The van der Waals surface area contributed by atoms with E-state index in [1.165, 1.54) is 12.1 Å². The summed E-state index contributed by atoms with van der Waals surface area (Å²) < 4.78 is 12.7. The Kier molecular flexibility index (Phi) is 4.39. The molecule has 94 valence electrons. The first-order chi connectivity index (χ1) is 8.75. The monoisotopic (exact) mass is 246 g/mol. The lowest BCUT2D eigenvalue weighted by Gasteiger charge is -2.11. The minimum atomic E-state index is -0.644. The predicted molar refractivity (Wildman–Crippen MR) is 67.3 cm³/mol. The van der Waals surface area contributed by atoms with Crippen LogP contribution in [0.4, 0.5) is 4.39 Å². The standard InChI is InChI=1S/C14H15FN2O/c15-12-6-4-11(5-7-12)14(18)10-16-9-13-3-1-2-8-17-13/h1-8,14,16,18H,9-10H2. The largest absolute Gasteiger partial charge is 0.387 e. The molecule has 18 heavy (non-hydrogen) atoms. The Morgan fingerprint density at radius 1 is 1.17 bits per heavy atom. The van der Waals surface area contributed by atoms with E-state index in [4.69, 9.17) is 0 Å². The number of aromatic nitrogens is 1. The molecule has 1 aromatic carbocycles. The summed E-state index contributed by atoms with van der Waals surface area (Å²) in [6.07, 6.45) is 1.09. The van der Waals surface area contributed by atoms with Crippen molar-refractivity contribution in [1.29, 1.82) is 0 Å². The molecule has 1 heterocycles. The second kappa shape index (κ2) is 6.23. The fourth-order valence-electron chi connectivity index (χ4n) is 1.64. The molecular weight excluding hydrogens is 231 g/mol. The lowest BCUT2D eigenvalue weighted by atomic mass is 10.1. The third kappa shape index (κ3) is 3.61. The van der Waals surface area contributed by atoms with Crippen LogP contribution in [0.3, 0.4) is 0 Å². The van der Waals surface area contributed by atoms with E-state index >= 15 is 0 Å². The summed E-state index contributed by atoms with van der Waals surface area (Å²) in [5.74, 6) is -0.299. The molecule has 0 fully saturated rings. The quantitative estimate of drug-likeness (QED) is 0.848. The van der Waals surface area contributed by atoms with E-state index in [0.29, 0.717) is 18.7 Å². The van der Waals surface area contributed by atoms with Gasteiger partial charge >= 0.3 is 0 Å². The normalized spacial score (nSPS) is 12.3. The Hall–Kier alpha value is -1.78. The highest BCUT2D eigenvalue weighted by Crippen LogP contribution is 2.12. The van der Waals surface area contributed by atoms with E-state index in [9.17, 15) is 9.50 Å². The summed E-state index contributed by atoms with van der Waals surface area (Å²) in [5, 5.41) is 13.0. The maximum atomic E-state index is 12.7. The third-order valence-electron chi connectivity index (χ3n) is 2.62. The molecule has 1 atom stereocenters. The van der Waals surface area contributed by atoms with Crippen LogP contribution < -0.4 is 5.32 Å². The van der Waals surface area contributed by atoms with Crippen LogP contribution in [0.1, 0.15) is 17.4 Å². The van der Waals surface area contributed by atoms with Crippen LogP contribution in [0.15, 0.2) is 48.7 Å². The first kappa shape index (κ1) is 12.7. The summed E-state index contributed by atoms with van der Waals surface area (Å²) in [7, 11) is 0. The Balaban J connectivity index is 1.81. The van der Waals surface area contributed by atoms with E-state index in [2.05, 4.69) is 10.3 Å². The topological polar surface area (TPSA) is 45.1 Å². The predicted octanol–water partition coefficient (Wildman–Crippen LogP) is 2.04. The van der Waals surface area contributed by atoms with Crippen molar-refractivity contribution in [3.8, 4) is 0 Å². The number of hydrogen-bond donors (Lipinski definition) is 2. The zero-order chi connectivity index (χ0) is 12.8. The van der Waals surface area contributed by atoms with Crippen LogP contribution in [0.2, 0.25) is 0 Å². The molecule has 4 heteroatoms. The molecule has 0 saturated heterocycles. The number of nitrogens with one attached hydrogen (secondary N) is 1. The molecule has 2 N–H and O–H groups in total.